The van der Waals surface area contributed by atoms with Crippen molar-refractivity contribution in [2.24, 2.45) is 5.92 Å². The van der Waals surface area contributed by atoms with Crippen molar-refractivity contribution < 1.29 is 27.8 Å². The number of aliphatic hydroxyl groups excluding tert-OH is 1. The van der Waals surface area contributed by atoms with E-state index in [1.54, 1.807) is 7.05 Å². The summed E-state index contributed by atoms with van der Waals surface area (Å²) >= 11 is 0. The SMILES string of the molecule is CN(CC(O)COc1ccccc1C(F)(F)F)C(=O)C1CCCNC1.Cl. The minimum Gasteiger partial charge on any atom is -0.490 e. The van der Waals surface area contributed by atoms with Crippen molar-refractivity contribution in [2.45, 2.75) is 25.1 Å². The van der Waals surface area contributed by atoms with E-state index >= 15 is 0 Å². The highest BCUT2D eigenvalue weighted by atomic mass is 35.5. The molecule has 1 heterocycles. The van der Waals surface area contributed by atoms with Crippen LogP contribution >= 0.6 is 12.4 Å². The lowest BCUT2D eigenvalue weighted by atomic mass is 9.98. The van der Waals surface area contributed by atoms with Crippen molar-refractivity contribution in [1.82, 2.24) is 10.2 Å². The molecular formula is C17H24ClF3N2O3. The number of likely N-dealkylation sites (N-methyl/N-ethyl adjacent to an activating group) is 1. The van der Waals surface area contributed by atoms with Gasteiger partial charge in [0.05, 0.1) is 11.5 Å². The van der Waals surface area contributed by atoms with Crippen LogP contribution in [0.4, 0.5) is 13.2 Å². The number of ether oxygens (including phenoxy) is 1. The molecule has 5 nitrogen and oxygen atoms in total. The molecule has 1 fully saturated rings. The van der Waals surface area contributed by atoms with Crippen LogP contribution < -0.4 is 10.1 Å². The summed E-state index contributed by atoms with van der Waals surface area (Å²) in [6.45, 7) is 1.18. The summed E-state index contributed by atoms with van der Waals surface area (Å²) in [6.07, 6.45) is -3.89. The molecular weight excluding hydrogens is 373 g/mol. The maximum absolute atomic E-state index is 12.9. The minimum atomic E-state index is -4.53. The molecule has 1 aromatic carbocycles. The normalized spacial score (nSPS) is 18.6. The molecule has 0 radical (unpaired) electrons. The van der Waals surface area contributed by atoms with Crippen molar-refractivity contribution in [3.63, 3.8) is 0 Å². The van der Waals surface area contributed by atoms with E-state index in [0.29, 0.717) is 6.54 Å². The number of carbonyl (C=O) groups excluding carboxylic acids is 1. The molecule has 26 heavy (non-hydrogen) atoms. The molecule has 9 heteroatoms. The Morgan fingerprint density at radius 3 is 2.73 bits per heavy atom. The highest BCUT2D eigenvalue weighted by molar-refractivity contribution is 5.85. The lowest BCUT2D eigenvalue weighted by molar-refractivity contribution is -0.139. The molecule has 2 unspecified atom stereocenters. The number of amides is 1. The van der Waals surface area contributed by atoms with E-state index in [9.17, 15) is 23.1 Å². The molecule has 1 saturated heterocycles. The first-order valence-electron chi connectivity index (χ1n) is 8.22. The van der Waals surface area contributed by atoms with Crippen LogP contribution in [0.3, 0.4) is 0 Å². The van der Waals surface area contributed by atoms with Gasteiger partial charge in [-0.15, -0.1) is 12.4 Å². The fourth-order valence-electron chi connectivity index (χ4n) is 2.85. The number of piperidine rings is 1. The number of halogens is 4. The number of hydrogen-bond donors (Lipinski definition) is 2. The van der Waals surface area contributed by atoms with Crippen molar-refractivity contribution >= 4 is 18.3 Å². The first kappa shape index (κ1) is 22.5. The summed E-state index contributed by atoms with van der Waals surface area (Å²) in [7, 11) is 1.57. The van der Waals surface area contributed by atoms with Crippen LogP contribution in [0, 0.1) is 5.92 Å². The lowest BCUT2D eigenvalue weighted by Gasteiger charge is -2.28. The van der Waals surface area contributed by atoms with Gasteiger partial charge < -0.3 is 20.1 Å². The van der Waals surface area contributed by atoms with Crippen molar-refractivity contribution in [3.05, 3.63) is 29.8 Å². The van der Waals surface area contributed by atoms with Crippen LogP contribution in [0.25, 0.3) is 0 Å². The zero-order valence-corrected chi connectivity index (χ0v) is 15.3. The molecule has 148 valence electrons. The molecule has 0 aliphatic carbocycles. The van der Waals surface area contributed by atoms with Crippen molar-refractivity contribution in [1.29, 1.82) is 0 Å². The molecule has 0 spiro atoms. The number of para-hydroxylation sites is 1. The van der Waals surface area contributed by atoms with E-state index in [1.165, 1.54) is 23.1 Å². The Morgan fingerprint density at radius 1 is 1.42 bits per heavy atom. The maximum Gasteiger partial charge on any atom is 0.419 e. The minimum absolute atomic E-state index is 0. The highest BCUT2D eigenvalue weighted by Crippen LogP contribution is 2.35. The smallest absolute Gasteiger partial charge is 0.419 e. The predicted molar refractivity (Wildman–Crippen MR) is 93.4 cm³/mol. The third-order valence-corrected chi connectivity index (χ3v) is 4.13. The molecule has 1 aromatic rings. The Bertz CT molecular complexity index is 581. The first-order valence-corrected chi connectivity index (χ1v) is 8.22. The Morgan fingerprint density at radius 2 is 2.12 bits per heavy atom. The van der Waals surface area contributed by atoms with Gasteiger partial charge in [0, 0.05) is 20.1 Å². The lowest BCUT2D eigenvalue weighted by Crippen LogP contribution is -2.44. The Kier molecular flexibility index (Phi) is 8.66. The van der Waals surface area contributed by atoms with Gasteiger partial charge in [-0.1, -0.05) is 12.1 Å². The van der Waals surface area contributed by atoms with Crippen LogP contribution in [0.15, 0.2) is 24.3 Å². The van der Waals surface area contributed by atoms with Crippen molar-refractivity contribution in [3.8, 4) is 5.75 Å². The molecule has 2 atom stereocenters. The van der Waals surface area contributed by atoms with Gasteiger partial charge in [0.25, 0.3) is 0 Å². The average molecular weight is 397 g/mol. The Labute approximate surface area is 156 Å². The number of rotatable bonds is 6. The zero-order valence-electron chi connectivity index (χ0n) is 14.5. The maximum atomic E-state index is 12.9. The summed E-state index contributed by atoms with van der Waals surface area (Å²) < 4.78 is 43.8. The average Bonchev–Trinajstić information content (AvgIpc) is 2.59. The summed E-state index contributed by atoms with van der Waals surface area (Å²) in [5.74, 6) is -0.542. The Hall–Kier alpha value is -1.51. The van der Waals surface area contributed by atoms with E-state index in [0.717, 1.165) is 25.5 Å². The summed E-state index contributed by atoms with van der Waals surface area (Å²) in [4.78, 5) is 13.7. The molecule has 0 aromatic heterocycles. The van der Waals surface area contributed by atoms with Gasteiger partial charge >= 0.3 is 6.18 Å². The van der Waals surface area contributed by atoms with Crippen LogP contribution in [0.2, 0.25) is 0 Å². The fourth-order valence-corrected chi connectivity index (χ4v) is 2.85. The summed E-state index contributed by atoms with van der Waals surface area (Å²) in [5, 5.41) is 13.2. The van der Waals surface area contributed by atoms with Gasteiger partial charge in [-0.3, -0.25) is 4.79 Å². The van der Waals surface area contributed by atoms with Crippen LogP contribution in [0.1, 0.15) is 18.4 Å². The van der Waals surface area contributed by atoms with Gasteiger partial charge in [-0.2, -0.15) is 13.2 Å². The number of hydrogen-bond acceptors (Lipinski definition) is 4. The molecule has 0 saturated carbocycles. The number of nitrogens with zero attached hydrogens (tertiary/aromatic N) is 1. The van der Waals surface area contributed by atoms with E-state index in [2.05, 4.69) is 5.32 Å². The first-order chi connectivity index (χ1) is 11.8. The van der Waals surface area contributed by atoms with E-state index in [-0.39, 0.29) is 43.1 Å². The van der Waals surface area contributed by atoms with Crippen LogP contribution in [-0.4, -0.2) is 55.3 Å². The second kappa shape index (κ2) is 9.99. The van der Waals surface area contributed by atoms with Crippen LogP contribution in [-0.2, 0) is 11.0 Å². The van der Waals surface area contributed by atoms with Gasteiger partial charge in [0.1, 0.15) is 18.5 Å². The monoisotopic (exact) mass is 396 g/mol. The predicted octanol–water partition coefficient (Wildman–Crippen LogP) is 2.32. The number of alkyl halides is 3. The molecule has 1 aliphatic heterocycles. The second-order valence-corrected chi connectivity index (χ2v) is 6.22. The molecule has 0 bridgehead atoms. The number of benzene rings is 1. The van der Waals surface area contributed by atoms with Crippen molar-refractivity contribution in [2.75, 3.05) is 33.3 Å². The van der Waals surface area contributed by atoms with E-state index < -0.39 is 17.8 Å². The fraction of sp³-hybridized carbons (Fsp3) is 0.588. The van der Waals surface area contributed by atoms with E-state index in [4.69, 9.17) is 4.74 Å². The van der Waals surface area contributed by atoms with Crippen LogP contribution in [0.5, 0.6) is 5.75 Å². The standard InChI is InChI=1S/C17H23F3N2O3.ClH/c1-22(16(24)12-5-4-8-21-9-12)10-13(23)11-25-15-7-3-2-6-14(15)17(18,19)20;/h2-3,6-7,12-13,21,23H,4-5,8-11H2,1H3;1H. The largest absolute Gasteiger partial charge is 0.490 e. The number of carbonyl (C=O) groups is 1. The number of aliphatic hydroxyl groups is 1. The molecule has 1 aliphatic rings. The summed E-state index contributed by atoms with van der Waals surface area (Å²) in [6, 6.07) is 4.84. The Balaban J connectivity index is 0.00000338. The third-order valence-electron chi connectivity index (χ3n) is 4.13. The quantitative estimate of drug-likeness (QED) is 0.774. The third kappa shape index (κ3) is 6.34. The molecule has 1 amide bonds. The highest BCUT2D eigenvalue weighted by Gasteiger charge is 2.34. The van der Waals surface area contributed by atoms with Gasteiger partial charge in [-0.25, -0.2) is 0 Å². The van der Waals surface area contributed by atoms with Gasteiger partial charge in [0.2, 0.25) is 5.91 Å². The van der Waals surface area contributed by atoms with E-state index in [1.807, 2.05) is 0 Å². The van der Waals surface area contributed by atoms with Gasteiger partial charge in [-0.05, 0) is 31.5 Å². The van der Waals surface area contributed by atoms with Gasteiger partial charge in [0.15, 0.2) is 0 Å². The summed E-state index contributed by atoms with van der Waals surface area (Å²) in [5.41, 5.74) is -0.889. The molecule has 2 rings (SSSR count). The molecule has 2 N–H and O–H groups in total. The zero-order chi connectivity index (χ0) is 18.4. The second-order valence-electron chi connectivity index (χ2n) is 6.22. The topological polar surface area (TPSA) is 61.8 Å². The number of nitrogens with one attached hydrogen (secondary N) is 1.